The van der Waals surface area contributed by atoms with Crippen LogP contribution >= 0.6 is 0 Å². The lowest BCUT2D eigenvalue weighted by molar-refractivity contribution is -0.144. The molecular formula is C9H18N4O2. The third kappa shape index (κ3) is 7.51. The second-order valence-electron chi connectivity index (χ2n) is 2.97. The second-order valence-corrected chi connectivity index (χ2v) is 2.97. The molecule has 6 heteroatoms. The maximum Gasteiger partial charge on any atom is 0.323 e. The molecule has 0 aromatic carbocycles. The number of aliphatic imine (C=N–C) groups is 1. The fourth-order valence-corrected chi connectivity index (χ4v) is 0.885. The van der Waals surface area contributed by atoms with E-state index in [1.807, 2.05) is 0 Å². The van der Waals surface area contributed by atoms with Crippen LogP contribution in [0.3, 0.4) is 0 Å². The summed E-state index contributed by atoms with van der Waals surface area (Å²) in [5, 5.41) is 0. The summed E-state index contributed by atoms with van der Waals surface area (Å²) >= 11 is 0. The third-order valence-electron chi connectivity index (χ3n) is 1.61. The van der Waals surface area contributed by atoms with Crippen molar-refractivity contribution in [3.63, 3.8) is 0 Å². The van der Waals surface area contributed by atoms with Gasteiger partial charge in [0.1, 0.15) is 12.6 Å². The van der Waals surface area contributed by atoms with Crippen molar-refractivity contribution in [3.05, 3.63) is 12.7 Å². The molecule has 0 aromatic rings. The van der Waals surface area contributed by atoms with Crippen LogP contribution < -0.4 is 17.2 Å². The smallest absolute Gasteiger partial charge is 0.323 e. The number of hydrogen-bond donors (Lipinski definition) is 3. The molecule has 15 heavy (non-hydrogen) atoms. The highest BCUT2D eigenvalue weighted by Crippen LogP contribution is 1.97. The van der Waals surface area contributed by atoms with Crippen LogP contribution in [0.2, 0.25) is 0 Å². The van der Waals surface area contributed by atoms with Crippen LogP contribution in [0.1, 0.15) is 12.8 Å². The van der Waals surface area contributed by atoms with E-state index in [0.29, 0.717) is 19.4 Å². The Morgan fingerprint density at radius 3 is 2.73 bits per heavy atom. The lowest BCUT2D eigenvalue weighted by Crippen LogP contribution is -2.32. The summed E-state index contributed by atoms with van der Waals surface area (Å²) in [6.45, 7) is 4.07. The van der Waals surface area contributed by atoms with Gasteiger partial charge in [0.15, 0.2) is 5.96 Å². The molecule has 0 aromatic heterocycles. The molecule has 1 unspecified atom stereocenters. The fraction of sp³-hybridized carbons (Fsp3) is 0.556. The van der Waals surface area contributed by atoms with Crippen molar-refractivity contribution in [2.75, 3.05) is 13.2 Å². The minimum atomic E-state index is -0.626. The van der Waals surface area contributed by atoms with E-state index in [1.54, 1.807) is 0 Å². The number of guanidine groups is 1. The zero-order chi connectivity index (χ0) is 11.7. The van der Waals surface area contributed by atoms with Gasteiger partial charge in [-0.3, -0.25) is 9.79 Å². The molecule has 0 aliphatic heterocycles. The van der Waals surface area contributed by atoms with E-state index < -0.39 is 12.0 Å². The van der Waals surface area contributed by atoms with Crippen LogP contribution in [-0.4, -0.2) is 31.1 Å². The summed E-state index contributed by atoms with van der Waals surface area (Å²) in [6.07, 6.45) is 2.62. The Balaban J connectivity index is 3.64. The van der Waals surface area contributed by atoms with Crippen molar-refractivity contribution in [1.29, 1.82) is 0 Å². The zero-order valence-corrected chi connectivity index (χ0v) is 8.69. The topological polar surface area (TPSA) is 117 Å². The maximum absolute atomic E-state index is 11.1. The van der Waals surface area contributed by atoms with Gasteiger partial charge in [0, 0.05) is 6.54 Å². The number of nitrogens with zero attached hydrogens (tertiary/aromatic N) is 1. The number of nitrogens with two attached hydrogens (primary N) is 3. The van der Waals surface area contributed by atoms with Gasteiger partial charge in [0.05, 0.1) is 0 Å². The van der Waals surface area contributed by atoms with Crippen LogP contribution in [0.15, 0.2) is 17.6 Å². The molecule has 6 nitrogen and oxygen atoms in total. The first-order valence-electron chi connectivity index (χ1n) is 4.66. The number of hydrogen-bond acceptors (Lipinski definition) is 4. The number of carbonyl (C=O) groups excluding carboxylic acids is 1. The van der Waals surface area contributed by atoms with E-state index in [0.717, 1.165) is 0 Å². The van der Waals surface area contributed by atoms with Gasteiger partial charge in [0.25, 0.3) is 0 Å². The minimum Gasteiger partial charge on any atom is -0.460 e. The van der Waals surface area contributed by atoms with Gasteiger partial charge in [-0.15, -0.1) is 0 Å². The largest absolute Gasteiger partial charge is 0.460 e. The van der Waals surface area contributed by atoms with Crippen LogP contribution in [0.25, 0.3) is 0 Å². The van der Waals surface area contributed by atoms with Crippen molar-refractivity contribution in [2.45, 2.75) is 18.9 Å². The highest BCUT2D eigenvalue weighted by Gasteiger charge is 2.13. The predicted octanol–water partition coefficient (Wildman–Crippen LogP) is -0.903. The fourth-order valence-electron chi connectivity index (χ4n) is 0.885. The number of ether oxygens (including phenoxy) is 1. The number of esters is 1. The predicted molar refractivity (Wildman–Crippen MR) is 59.0 cm³/mol. The molecule has 0 aliphatic rings. The Hall–Kier alpha value is -1.56. The summed E-state index contributed by atoms with van der Waals surface area (Å²) in [7, 11) is 0. The minimum absolute atomic E-state index is 0.0396. The van der Waals surface area contributed by atoms with E-state index >= 15 is 0 Å². The second kappa shape index (κ2) is 7.81. The molecule has 0 amide bonds. The van der Waals surface area contributed by atoms with Gasteiger partial charge in [-0.2, -0.15) is 0 Å². The third-order valence-corrected chi connectivity index (χ3v) is 1.61. The van der Waals surface area contributed by atoms with E-state index in [1.165, 1.54) is 6.08 Å². The average Bonchev–Trinajstić information content (AvgIpc) is 2.20. The van der Waals surface area contributed by atoms with Crippen LogP contribution in [0.5, 0.6) is 0 Å². The SMILES string of the molecule is C=CCOC(=O)C(N)CCCN=C(N)N. The van der Waals surface area contributed by atoms with Crippen LogP contribution in [0.4, 0.5) is 0 Å². The van der Waals surface area contributed by atoms with Gasteiger partial charge in [-0.25, -0.2) is 0 Å². The van der Waals surface area contributed by atoms with Gasteiger partial charge >= 0.3 is 5.97 Å². The van der Waals surface area contributed by atoms with Crippen molar-refractivity contribution in [2.24, 2.45) is 22.2 Å². The Morgan fingerprint density at radius 1 is 1.53 bits per heavy atom. The molecule has 86 valence electrons. The van der Waals surface area contributed by atoms with E-state index in [-0.39, 0.29) is 12.6 Å². The van der Waals surface area contributed by atoms with Crippen molar-refractivity contribution in [3.8, 4) is 0 Å². The van der Waals surface area contributed by atoms with Crippen molar-refractivity contribution in [1.82, 2.24) is 0 Å². The first-order chi connectivity index (χ1) is 7.07. The molecule has 0 heterocycles. The van der Waals surface area contributed by atoms with Gasteiger partial charge in [-0.05, 0) is 12.8 Å². The van der Waals surface area contributed by atoms with Gasteiger partial charge < -0.3 is 21.9 Å². The molecule has 1 atom stereocenters. The van der Waals surface area contributed by atoms with Crippen LogP contribution in [-0.2, 0) is 9.53 Å². The average molecular weight is 214 g/mol. The maximum atomic E-state index is 11.1. The van der Waals surface area contributed by atoms with Crippen molar-refractivity contribution < 1.29 is 9.53 Å². The Bertz CT molecular complexity index is 236. The Labute approximate surface area is 89.2 Å². The van der Waals surface area contributed by atoms with Gasteiger partial charge in [-0.1, -0.05) is 12.7 Å². The highest BCUT2D eigenvalue weighted by molar-refractivity contribution is 5.76. The first kappa shape index (κ1) is 13.4. The van der Waals surface area contributed by atoms with Crippen LogP contribution in [0, 0.1) is 0 Å². The molecular weight excluding hydrogens is 196 g/mol. The number of carbonyl (C=O) groups is 1. The summed E-state index contributed by atoms with van der Waals surface area (Å²) in [4.78, 5) is 14.9. The lowest BCUT2D eigenvalue weighted by atomic mass is 10.2. The number of rotatable bonds is 7. The molecule has 0 bridgehead atoms. The summed E-state index contributed by atoms with van der Waals surface area (Å²) in [5.74, 6) is -0.391. The first-order valence-corrected chi connectivity index (χ1v) is 4.66. The Morgan fingerprint density at radius 2 is 2.20 bits per heavy atom. The lowest BCUT2D eigenvalue weighted by Gasteiger charge is -2.09. The van der Waals surface area contributed by atoms with Crippen molar-refractivity contribution >= 4 is 11.9 Å². The standard InChI is InChI=1S/C9H18N4O2/c1-2-6-15-8(14)7(10)4-3-5-13-9(11)12/h2,7H,1,3-6,10H2,(H4,11,12,13). The quantitative estimate of drug-likeness (QED) is 0.167. The molecule has 0 fully saturated rings. The molecule has 0 radical (unpaired) electrons. The molecule has 0 rings (SSSR count). The Kier molecular flexibility index (Phi) is 7.00. The molecule has 0 spiro atoms. The normalized spacial score (nSPS) is 11.5. The van der Waals surface area contributed by atoms with Gasteiger partial charge in [0.2, 0.25) is 0 Å². The van der Waals surface area contributed by atoms with E-state index in [2.05, 4.69) is 11.6 Å². The molecule has 0 saturated carbocycles. The van der Waals surface area contributed by atoms with E-state index in [4.69, 9.17) is 21.9 Å². The van der Waals surface area contributed by atoms with E-state index in [9.17, 15) is 4.79 Å². The monoisotopic (exact) mass is 214 g/mol. The molecule has 0 aliphatic carbocycles. The summed E-state index contributed by atoms with van der Waals surface area (Å²) in [5.41, 5.74) is 15.8. The zero-order valence-electron chi connectivity index (χ0n) is 8.69. The highest BCUT2D eigenvalue weighted by atomic mass is 16.5. The molecule has 6 N–H and O–H groups in total. The summed E-state index contributed by atoms with van der Waals surface area (Å²) in [6, 6.07) is -0.626. The summed E-state index contributed by atoms with van der Waals surface area (Å²) < 4.78 is 4.76. The molecule has 0 saturated heterocycles.